The Balaban J connectivity index is 0.000000428. The van der Waals surface area contributed by atoms with Crippen LogP contribution in [0.15, 0.2) is 36.4 Å². The van der Waals surface area contributed by atoms with Crippen LogP contribution in [0.5, 0.6) is 23.0 Å². The van der Waals surface area contributed by atoms with Gasteiger partial charge in [-0.05, 0) is 36.4 Å². The van der Waals surface area contributed by atoms with Gasteiger partial charge in [-0.15, -0.1) is 0 Å². The van der Waals surface area contributed by atoms with Crippen molar-refractivity contribution in [2.75, 3.05) is 27.4 Å². The fourth-order valence-corrected chi connectivity index (χ4v) is 1.80. The lowest BCUT2D eigenvalue weighted by Gasteiger charge is -2.10. The zero-order valence-electron chi connectivity index (χ0n) is 16.5. The summed E-state index contributed by atoms with van der Waals surface area (Å²) in [5.74, 6) is 0.709. The van der Waals surface area contributed by atoms with Crippen LogP contribution >= 0.6 is 0 Å². The number of hydrogen-bond donors (Lipinski definition) is 6. The first kappa shape index (κ1) is 26.8. The average molecular weight is 426 g/mol. The van der Waals surface area contributed by atoms with Crippen molar-refractivity contribution in [2.45, 2.75) is 12.2 Å². The van der Waals surface area contributed by atoms with Crippen molar-refractivity contribution in [2.24, 2.45) is 0 Å². The van der Waals surface area contributed by atoms with Crippen molar-refractivity contribution in [3.05, 3.63) is 47.5 Å². The Morgan fingerprint density at radius 1 is 0.767 bits per heavy atom. The summed E-state index contributed by atoms with van der Waals surface area (Å²) in [6.45, 7) is -1.05. The zero-order chi connectivity index (χ0) is 23.1. The summed E-state index contributed by atoms with van der Waals surface area (Å²) in [5, 5.41) is 51.4. The van der Waals surface area contributed by atoms with Crippen LogP contribution in [0.25, 0.3) is 0 Å². The number of aldehydes is 2. The summed E-state index contributed by atoms with van der Waals surface area (Å²) in [7, 11) is 2.91. The Morgan fingerprint density at radius 3 is 1.30 bits per heavy atom. The Kier molecular flexibility index (Phi) is 13.2. The number of hydrogen-bond acceptors (Lipinski definition) is 10. The van der Waals surface area contributed by atoms with Crippen LogP contribution in [0.3, 0.4) is 0 Å². The number of aromatic hydroxyl groups is 2. The van der Waals surface area contributed by atoms with E-state index in [0.717, 1.165) is 0 Å². The minimum atomic E-state index is -1.22. The van der Waals surface area contributed by atoms with E-state index < -0.39 is 25.4 Å². The lowest BCUT2D eigenvalue weighted by molar-refractivity contribution is -0.0388. The fourth-order valence-electron chi connectivity index (χ4n) is 1.80. The molecule has 2 rings (SSSR count). The molecule has 0 saturated carbocycles. The molecule has 0 bridgehead atoms. The number of carbonyl (C=O) groups excluding carboxylic acids is 2. The summed E-state index contributed by atoms with van der Waals surface area (Å²) >= 11 is 0. The first-order valence-electron chi connectivity index (χ1n) is 8.50. The molecule has 10 nitrogen and oxygen atoms in total. The van der Waals surface area contributed by atoms with Gasteiger partial charge in [-0.25, -0.2) is 0 Å². The van der Waals surface area contributed by atoms with Gasteiger partial charge in [0.05, 0.1) is 27.4 Å². The molecule has 2 aromatic rings. The molecule has 6 N–H and O–H groups in total. The molecule has 10 heteroatoms. The van der Waals surface area contributed by atoms with Crippen molar-refractivity contribution in [3.63, 3.8) is 0 Å². The number of phenols is 2. The molecule has 166 valence electrons. The number of methoxy groups -OCH3 is 2. The SMILES string of the molecule is COc1ccc(C=O)cc1O.COc1ccc(C=O)cc1O.OCC(O)C(O)CO. The van der Waals surface area contributed by atoms with Crippen LogP contribution in [0.4, 0.5) is 0 Å². The summed E-state index contributed by atoms with van der Waals surface area (Å²) in [6, 6.07) is 8.94. The van der Waals surface area contributed by atoms with Gasteiger partial charge in [0.25, 0.3) is 0 Å². The number of rotatable bonds is 7. The zero-order valence-corrected chi connectivity index (χ0v) is 16.5. The Bertz CT molecular complexity index is 713. The van der Waals surface area contributed by atoms with Gasteiger partial charge in [0, 0.05) is 11.1 Å². The Hall–Kier alpha value is -3.18. The van der Waals surface area contributed by atoms with Crippen molar-refractivity contribution >= 4 is 12.6 Å². The van der Waals surface area contributed by atoms with Gasteiger partial charge in [-0.1, -0.05) is 0 Å². The highest BCUT2D eigenvalue weighted by molar-refractivity contribution is 5.76. The Labute approximate surface area is 173 Å². The molecular formula is C20H26O10. The van der Waals surface area contributed by atoms with E-state index in [9.17, 15) is 9.59 Å². The number of benzene rings is 2. The van der Waals surface area contributed by atoms with E-state index in [1.165, 1.54) is 26.4 Å². The molecule has 2 unspecified atom stereocenters. The fraction of sp³-hybridized carbons (Fsp3) is 0.300. The van der Waals surface area contributed by atoms with Crippen molar-refractivity contribution in [3.8, 4) is 23.0 Å². The highest BCUT2D eigenvalue weighted by atomic mass is 16.5. The second-order valence-corrected chi connectivity index (χ2v) is 5.60. The van der Waals surface area contributed by atoms with Crippen LogP contribution < -0.4 is 9.47 Å². The van der Waals surface area contributed by atoms with Crippen molar-refractivity contribution < 1.29 is 49.7 Å². The first-order valence-corrected chi connectivity index (χ1v) is 8.50. The van der Waals surface area contributed by atoms with E-state index in [-0.39, 0.29) is 11.5 Å². The molecule has 0 spiro atoms. The lowest BCUT2D eigenvalue weighted by Crippen LogP contribution is -2.31. The van der Waals surface area contributed by atoms with Gasteiger partial charge in [-0.3, -0.25) is 9.59 Å². The van der Waals surface area contributed by atoms with E-state index in [1.807, 2.05) is 0 Å². The molecule has 2 aromatic carbocycles. The predicted molar refractivity (Wildman–Crippen MR) is 106 cm³/mol. The molecular weight excluding hydrogens is 400 g/mol. The van der Waals surface area contributed by atoms with E-state index in [1.54, 1.807) is 24.3 Å². The monoisotopic (exact) mass is 426 g/mol. The number of carbonyl (C=O) groups is 2. The highest BCUT2D eigenvalue weighted by Crippen LogP contribution is 2.26. The Morgan fingerprint density at radius 2 is 1.10 bits per heavy atom. The van der Waals surface area contributed by atoms with Crippen LogP contribution in [-0.4, -0.2) is 82.9 Å². The predicted octanol–water partition coefficient (Wildman–Crippen LogP) is 0.119. The smallest absolute Gasteiger partial charge is 0.160 e. The molecule has 0 aliphatic rings. The van der Waals surface area contributed by atoms with Crippen LogP contribution in [0, 0.1) is 0 Å². The third-order valence-electron chi connectivity index (χ3n) is 3.50. The highest BCUT2D eigenvalue weighted by Gasteiger charge is 2.12. The summed E-state index contributed by atoms with van der Waals surface area (Å²) in [4.78, 5) is 20.4. The molecule has 2 atom stereocenters. The molecule has 0 heterocycles. The van der Waals surface area contributed by atoms with E-state index >= 15 is 0 Å². The van der Waals surface area contributed by atoms with Gasteiger partial charge in [0.2, 0.25) is 0 Å². The normalized spacial score (nSPS) is 11.5. The van der Waals surface area contributed by atoms with Gasteiger partial charge < -0.3 is 40.1 Å². The van der Waals surface area contributed by atoms with Gasteiger partial charge in [0.15, 0.2) is 23.0 Å². The summed E-state index contributed by atoms with van der Waals surface area (Å²) < 4.78 is 9.56. The third-order valence-corrected chi connectivity index (χ3v) is 3.50. The number of ether oxygens (including phenoxy) is 2. The second-order valence-electron chi connectivity index (χ2n) is 5.60. The lowest BCUT2D eigenvalue weighted by atomic mass is 10.2. The van der Waals surface area contributed by atoms with E-state index in [2.05, 4.69) is 0 Å². The first-order chi connectivity index (χ1) is 14.3. The maximum atomic E-state index is 10.2. The molecule has 0 aliphatic carbocycles. The molecule has 0 aliphatic heterocycles. The number of phenolic OH excluding ortho intramolecular Hbond substituents is 2. The molecule has 0 radical (unpaired) electrons. The third kappa shape index (κ3) is 9.34. The molecule has 30 heavy (non-hydrogen) atoms. The van der Waals surface area contributed by atoms with E-state index in [4.69, 9.17) is 40.1 Å². The minimum absolute atomic E-state index is 0.0166. The quantitative estimate of drug-likeness (QED) is 0.334. The minimum Gasteiger partial charge on any atom is -0.504 e. The largest absolute Gasteiger partial charge is 0.504 e. The number of aliphatic hydroxyl groups excluding tert-OH is 4. The molecule has 0 aromatic heterocycles. The molecule has 0 saturated heterocycles. The van der Waals surface area contributed by atoms with E-state index in [0.29, 0.717) is 35.2 Å². The molecule has 0 amide bonds. The van der Waals surface area contributed by atoms with Gasteiger partial charge >= 0.3 is 0 Å². The topological polar surface area (TPSA) is 174 Å². The van der Waals surface area contributed by atoms with Crippen LogP contribution in [0.1, 0.15) is 20.7 Å². The number of aliphatic hydroxyl groups is 4. The maximum Gasteiger partial charge on any atom is 0.160 e. The summed E-state index contributed by atoms with van der Waals surface area (Å²) in [6.07, 6.45) is -1.11. The maximum absolute atomic E-state index is 10.2. The van der Waals surface area contributed by atoms with Crippen LogP contribution in [0.2, 0.25) is 0 Å². The van der Waals surface area contributed by atoms with Gasteiger partial charge in [0.1, 0.15) is 24.8 Å². The standard InChI is InChI=1S/2C8H8O3.C4H10O4/c2*1-11-8-3-2-6(5-9)4-7(8)10;5-1-3(7)4(8)2-6/h2*2-5,10H,1H3;3-8H,1-2H2. The van der Waals surface area contributed by atoms with Crippen molar-refractivity contribution in [1.82, 2.24) is 0 Å². The van der Waals surface area contributed by atoms with Crippen molar-refractivity contribution in [1.29, 1.82) is 0 Å². The average Bonchev–Trinajstić information content (AvgIpc) is 2.78. The van der Waals surface area contributed by atoms with Gasteiger partial charge in [-0.2, -0.15) is 0 Å². The summed E-state index contributed by atoms with van der Waals surface area (Å²) in [5.41, 5.74) is 0.867. The second kappa shape index (κ2) is 14.8. The van der Waals surface area contributed by atoms with Crippen LogP contribution in [-0.2, 0) is 0 Å². The molecule has 0 fully saturated rings.